The quantitative estimate of drug-likeness (QED) is 0.498. The maximum Gasteiger partial charge on any atom is 0.254 e. The molecule has 0 aliphatic carbocycles. The van der Waals surface area contributed by atoms with Crippen molar-refractivity contribution in [2.45, 2.75) is 19.9 Å². The minimum absolute atomic E-state index is 0.0435. The Balaban J connectivity index is 1.41. The predicted octanol–water partition coefficient (Wildman–Crippen LogP) is 2.01. The van der Waals surface area contributed by atoms with E-state index in [0.717, 1.165) is 22.6 Å². The molecule has 0 bridgehead atoms. The Morgan fingerprint density at radius 3 is 2.69 bits per heavy atom. The van der Waals surface area contributed by atoms with Crippen LogP contribution in [0.2, 0.25) is 0 Å². The fraction of sp³-hybridized carbons (Fsp3) is 0.200. The van der Waals surface area contributed by atoms with E-state index in [0.29, 0.717) is 31.1 Å². The summed E-state index contributed by atoms with van der Waals surface area (Å²) in [5, 5.41) is 10.7. The summed E-state index contributed by atoms with van der Waals surface area (Å²) in [7, 11) is 0. The van der Waals surface area contributed by atoms with Gasteiger partial charge in [0.2, 0.25) is 5.91 Å². The summed E-state index contributed by atoms with van der Waals surface area (Å²) < 4.78 is 1.64. The van der Waals surface area contributed by atoms with Gasteiger partial charge in [0.05, 0.1) is 0 Å². The molecule has 0 radical (unpaired) electrons. The zero-order valence-corrected chi connectivity index (χ0v) is 15.9. The number of aryl methyl sites for hydroxylation is 1. The van der Waals surface area contributed by atoms with Crippen LogP contribution < -0.4 is 10.6 Å². The van der Waals surface area contributed by atoms with Crippen LogP contribution in [-0.2, 0) is 11.3 Å². The molecule has 0 unspecified atom stereocenters. The minimum atomic E-state index is -0.0435. The zero-order chi connectivity index (χ0) is 20.1. The summed E-state index contributed by atoms with van der Waals surface area (Å²) in [6.07, 6.45) is 7.18. The van der Waals surface area contributed by atoms with E-state index in [9.17, 15) is 4.79 Å². The number of fused-ring (bicyclic) bond motifs is 1. The summed E-state index contributed by atoms with van der Waals surface area (Å²) in [5.41, 5.74) is 2.59. The van der Waals surface area contributed by atoms with E-state index in [2.05, 4.69) is 35.7 Å². The first-order chi connectivity index (χ1) is 14.2. The number of nitrogens with zero attached hydrogens (tertiary/aromatic N) is 6. The van der Waals surface area contributed by atoms with Gasteiger partial charge in [0.25, 0.3) is 5.78 Å². The standard InChI is InChI=1S/C20H20N8O/c1-14-10-17(23-9-6-18(29)24-12-15-4-2-7-21-11-15)28-20(25-14)26-19(27-28)16-5-3-8-22-13-16/h2-5,7-8,10-11,13,23H,6,9,12H2,1H3,(H,24,29). The van der Waals surface area contributed by atoms with Crippen LogP contribution in [-0.4, -0.2) is 42.0 Å². The van der Waals surface area contributed by atoms with Crippen LogP contribution in [0, 0.1) is 6.92 Å². The first-order valence-electron chi connectivity index (χ1n) is 9.23. The van der Waals surface area contributed by atoms with Gasteiger partial charge in [-0.2, -0.15) is 9.50 Å². The highest BCUT2D eigenvalue weighted by molar-refractivity contribution is 5.76. The lowest BCUT2D eigenvalue weighted by Crippen LogP contribution is -2.25. The molecule has 4 aromatic heterocycles. The van der Waals surface area contributed by atoms with Gasteiger partial charge in [0.1, 0.15) is 5.82 Å². The number of hydrogen-bond donors (Lipinski definition) is 2. The van der Waals surface area contributed by atoms with Crippen molar-refractivity contribution < 1.29 is 4.79 Å². The average molecular weight is 388 g/mol. The Kier molecular flexibility index (Phi) is 5.37. The SMILES string of the molecule is Cc1cc(NCCC(=O)NCc2cccnc2)n2nc(-c3cccnc3)nc2n1. The average Bonchev–Trinajstić information content (AvgIpc) is 3.18. The Labute approximate surface area is 167 Å². The van der Waals surface area contributed by atoms with Crippen molar-refractivity contribution in [3.63, 3.8) is 0 Å². The van der Waals surface area contributed by atoms with E-state index in [-0.39, 0.29) is 5.91 Å². The van der Waals surface area contributed by atoms with Gasteiger partial charge in [-0.3, -0.25) is 14.8 Å². The zero-order valence-electron chi connectivity index (χ0n) is 15.9. The first-order valence-corrected chi connectivity index (χ1v) is 9.23. The van der Waals surface area contributed by atoms with Gasteiger partial charge in [0.15, 0.2) is 5.82 Å². The molecule has 2 N–H and O–H groups in total. The first kappa shape index (κ1) is 18.5. The molecule has 4 rings (SSSR count). The number of hydrogen-bond acceptors (Lipinski definition) is 7. The molecule has 0 fully saturated rings. The summed E-state index contributed by atoms with van der Waals surface area (Å²) in [6.45, 7) is 2.81. The highest BCUT2D eigenvalue weighted by atomic mass is 16.1. The van der Waals surface area contributed by atoms with Gasteiger partial charge in [0, 0.05) is 61.6 Å². The van der Waals surface area contributed by atoms with Crippen LogP contribution >= 0.6 is 0 Å². The monoisotopic (exact) mass is 388 g/mol. The summed E-state index contributed by atoms with van der Waals surface area (Å²) in [4.78, 5) is 29.2. The molecule has 0 atom stereocenters. The second-order valence-electron chi connectivity index (χ2n) is 6.49. The summed E-state index contributed by atoms with van der Waals surface area (Å²) >= 11 is 0. The number of nitrogens with one attached hydrogen (secondary N) is 2. The molecule has 0 saturated carbocycles. The van der Waals surface area contributed by atoms with E-state index < -0.39 is 0 Å². The topological polar surface area (TPSA) is 110 Å². The van der Waals surface area contributed by atoms with Crippen molar-refractivity contribution in [3.8, 4) is 11.4 Å². The largest absolute Gasteiger partial charge is 0.369 e. The molecule has 0 aliphatic rings. The smallest absolute Gasteiger partial charge is 0.254 e. The second kappa shape index (κ2) is 8.42. The number of aromatic nitrogens is 6. The van der Waals surface area contributed by atoms with Crippen molar-refractivity contribution in [3.05, 3.63) is 66.4 Å². The number of amides is 1. The van der Waals surface area contributed by atoms with E-state index in [1.54, 1.807) is 29.3 Å². The molecular formula is C20H20N8O. The van der Waals surface area contributed by atoms with E-state index in [4.69, 9.17) is 0 Å². The van der Waals surface area contributed by atoms with E-state index in [1.807, 2.05) is 37.3 Å². The van der Waals surface area contributed by atoms with Gasteiger partial charge < -0.3 is 10.6 Å². The summed E-state index contributed by atoms with van der Waals surface area (Å²) in [5.74, 6) is 1.73. The third kappa shape index (κ3) is 4.52. The Hall–Kier alpha value is -3.88. The van der Waals surface area contributed by atoms with Crippen LogP contribution in [0.15, 0.2) is 55.1 Å². The fourth-order valence-electron chi connectivity index (χ4n) is 2.83. The molecule has 29 heavy (non-hydrogen) atoms. The molecule has 0 saturated heterocycles. The molecule has 0 spiro atoms. The minimum Gasteiger partial charge on any atom is -0.369 e. The van der Waals surface area contributed by atoms with Gasteiger partial charge in [-0.25, -0.2) is 4.98 Å². The number of pyridine rings is 2. The van der Waals surface area contributed by atoms with Gasteiger partial charge >= 0.3 is 0 Å². The van der Waals surface area contributed by atoms with Crippen LogP contribution in [0.25, 0.3) is 17.2 Å². The maximum absolute atomic E-state index is 12.1. The molecule has 0 aliphatic heterocycles. The normalized spacial score (nSPS) is 10.8. The van der Waals surface area contributed by atoms with Crippen molar-refractivity contribution in [1.82, 2.24) is 34.9 Å². The van der Waals surface area contributed by atoms with Gasteiger partial charge in [-0.15, -0.1) is 5.10 Å². The molecule has 0 aromatic carbocycles. The Bertz CT molecular complexity index is 1110. The molecule has 4 heterocycles. The Morgan fingerprint density at radius 1 is 1.10 bits per heavy atom. The fourth-order valence-corrected chi connectivity index (χ4v) is 2.83. The lowest BCUT2D eigenvalue weighted by atomic mass is 10.3. The molecule has 4 aromatic rings. The summed E-state index contributed by atoms with van der Waals surface area (Å²) in [6, 6.07) is 9.38. The van der Waals surface area contributed by atoms with Crippen LogP contribution in [0.1, 0.15) is 17.7 Å². The lowest BCUT2D eigenvalue weighted by Gasteiger charge is -2.09. The van der Waals surface area contributed by atoms with Gasteiger partial charge in [-0.1, -0.05) is 6.07 Å². The molecule has 9 heteroatoms. The number of rotatable bonds is 7. The third-order valence-electron chi connectivity index (χ3n) is 4.23. The molecular weight excluding hydrogens is 368 g/mol. The van der Waals surface area contributed by atoms with Crippen LogP contribution in [0.5, 0.6) is 0 Å². The number of carbonyl (C=O) groups is 1. The third-order valence-corrected chi connectivity index (χ3v) is 4.23. The van der Waals surface area contributed by atoms with Crippen molar-refractivity contribution in [2.75, 3.05) is 11.9 Å². The van der Waals surface area contributed by atoms with Crippen LogP contribution in [0.4, 0.5) is 5.82 Å². The van der Waals surface area contributed by atoms with Crippen molar-refractivity contribution >= 4 is 17.5 Å². The Morgan fingerprint density at radius 2 is 1.93 bits per heavy atom. The molecule has 146 valence electrons. The second-order valence-corrected chi connectivity index (χ2v) is 6.49. The van der Waals surface area contributed by atoms with E-state index >= 15 is 0 Å². The van der Waals surface area contributed by atoms with Gasteiger partial charge in [-0.05, 0) is 30.7 Å². The number of anilines is 1. The molecule has 9 nitrogen and oxygen atoms in total. The van der Waals surface area contributed by atoms with E-state index in [1.165, 1.54) is 0 Å². The van der Waals surface area contributed by atoms with Crippen molar-refractivity contribution in [1.29, 1.82) is 0 Å². The van der Waals surface area contributed by atoms with Crippen molar-refractivity contribution in [2.24, 2.45) is 0 Å². The highest BCUT2D eigenvalue weighted by Crippen LogP contribution is 2.17. The molecule has 1 amide bonds. The van der Waals surface area contributed by atoms with Crippen LogP contribution in [0.3, 0.4) is 0 Å². The predicted molar refractivity (Wildman–Crippen MR) is 108 cm³/mol. The number of carbonyl (C=O) groups excluding carboxylic acids is 1. The lowest BCUT2D eigenvalue weighted by molar-refractivity contribution is -0.121. The highest BCUT2D eigenvalue weighted by Gasteiger charge is 2.12. The maximum atomic E-state index is 12.1.